The van der Waals surface area contributed by atoms with E-state index in [0.29, 0.717) is 5.46 Å². The molecule has 0 saturated carbocycles. The van der Waals surface area contributed by atoms with Crippen molar-refractivity contribution in [2.75, 3.05) is 7.11 Å². The smallest absolute Gasteiger partial charge is 0.490 e. The average Bonchev–Trinajstić information content (AvgIpc) is 2.92. The van der Waals surface area contributed by atoms with Crippen LogP contribution in [0.1, 0.15) is 5.56 Å². The lowest BCUT2D eigenvalue weighted by Gasteiger charge is -2.10. The Morgan fingerprint density at radius 1 is 1.41 bits per heavy atom. The van der Waals surface area contributed by atoms with Gasteiger partial charge in [-0.1, -0.05) is 6.07 Å². The van der Waals surface area contributed by atoms with Crippen molar-refractivity contribution < 1.29 is 23.5 Å². The molecule has 0 aliphatic carbocycles. The normalized spacial score (nSPS) is 12.7. The minimum Gasteiger partial charge on any atom is -0.490 e. The summed E-state index contributed by atoms with van der Waals surface area (Å²) in [7, 11) is 0.268. The van der Waals surface area contributed by atoms with E-state index in [9.17, 15) is 9.41 Å². The molecular formula is C14H10BFN2O4. The predicted octanol–water partition coefficient (Wildman–Crippen LogP) is 1.79. The highest BCUT2D eigenvalue weighted by molar-refractivity contribution is 6.61. The molecule has 2 heterocycles. The molecular weight excluding hydrogens is 290 g/mol. The minimum absolute atomic E-state index is 0.0209. The summed E-state index contributed by atoms with van der Waals surface area (Å²) >= 11 is 0. The molecule has 6 nitrogen and oxygen atoms in total. The lowest BCUT2D eigenvalue weighted by molar-refractivity contribution is 0.271. The molecule has 1 N–H and O–H groups in total. The lowest BCUT2D eigenvalue weighted by Crippen LogP contribution is -2.28. The van der Waals surface area contributed by atoms with Crippen molar-refractivity contribution in [1.82, 2.24) is 4.98 Å². The number of nitrogens with zero attached hydrogens (tertiary/aromatic N) is 2. The van der Waals surface area contributed by atoms with Crippen molar-refractivity contribution in [3.63, 3.8) is 0 Å². The zero-order valence-electron chi connectivity index (χ0n) is 11.5. The van der Waals surface area contributed by atoms with Crippen LogP contribution < -0.4 is 14.9 Å². The van der Waals surface area contributed by atoms with E-state index < -0.39 is 12.9 Å². The Kier molecular flexibility index (Phi) is 3.67. The topological polar surface area (TPSA) is 65.2 Å². The van der Waals surface area contributed by atoms with Crippen LogP contribution in [0.15, 0.2) is 24.3 Å². The largest absolute Gasteiger partial charge is 0.491 e. The van der Waals surface area contributed by atoms with Gasteiger partial charge in [-0.05, 0) is 23.7 Å². The molecule has 0 saturated heterocycles. The molecule has 22 heavy (non-hydrogen) atoms. The van der Waals surface area contributed by atoms with Crippen molar-refractivity contribution in [3.05, 3.63) is 47.1 Å². The van der Waals surface area contributed by atoms with Gasteiger partial charge in [0.05, 0.1) is 20.3 Å². The molecule has 1 aromatic carbocycles. The number of benzene rings is 1. The van der Waals surface area contributed by atoms with E-state index in [1.807, 2.05) is 0 Å². The molecule has 8 heteroatoms. The summed E-state index contributed by atoms with van der Waals surface area (Å²) in [5.74, 6) is -0.443. The van der Waals surface area contributed by atoms with Crippen molar-refractivity contribution in [2.45, 2.75) is 6.61 Å². The van der Waals surface area contributed by atoms with Crippen LogP contribution >= 0.6 is 0 Å². The monoisotopic (exact) mass is 300 g/mol. The van der Waals surface area contributed by atoms with Crippen LogP contribution in [0.5, 0.6) is 17.5 Å². The first-order valence-electron chi connectivity index (χ1n) is 6.35. The summed E-state index contributed by atoms with van der Waals surface area (Å²) < 4.78 is 29.7. The number of ether oxygens (including phenoxy) is 2. The summed E-state index contributed by atoms with van der Waals surface area (Å²) in [5.41, 5.74) is 0.884. The SMILES string of the molecule is [C-]#[N+]c1ccc(Oc2ccc3c(c2F)COB3O)nc1OC. The maximum absolute atomic E-state index is 14.3. The Balaban J connectivity index is 1.93. The molecule has 2 aromatic rings. The van der Waals surface area contributed by atoms with Gasteiger partial charge in [-0.25, -0.2) is 9.24 Å². The van der Waals surface area contributed by atoms with Gasteiger partial charge in [-0.2, -0.15) is 4.98 Å². The molecule has 110 valence electrons. The number of fused-ring (bicyclic) bond motifs is 1. The number of pyridine rings is 1. The number of rotatable bonds is 3. The third-order valence-electron chi connectivity index (χ3n) is 3.24. The summed E-state index contributed by atoms with van der Waals surface area (Å²) in [5, 5.41) is 9.53. The minimum atomic E-state index is -1.12. The lowest BCUT2D eigenvalue weighted by atomic mass is 9.79. The van der Waals surface area contributed by atoms with E-state index in [-0.39, 0.29) is 35.4 Å². The molecule has 0 radical (unpaired) electrons. The Morgan fingerprint density at radius 3 is 2.95 bits per heavy atom. The van der Waals surface area contributed by atoms with Gasteiger partial charge in [0.1, 0.15) is 0 Å². The number of hydrogen-bond acceptors (Lipinski definition) is 5. The van der Waals surface area contributed by atoms with E-state index in [1.54, 1.807) is 0 Å². The van der Waals surface area contributed by atoms with Gasteiger partial charge in [-0.3, -0.25) is 0 Å². The van der Waals surface area contributed by atoms with Crippen molar-refractivity contribution in [1.29, 1.82) is 0 Å². The predicted molar refractivity (Wildman–Crippen MR) is 75.9 cm³/mol. The van der Waals surface area contributed by atoms with Gasteiger partial charge in [0.2, 0.25) is 17.4 Å². The van der Waals surface area contributed by atoms with Gasteiger partial charge in [-0.15, -0.1) is 0 Å². The fraction of sp³-hybridized carbons (Fsp3) is 0.143. The van der Waals surface area contributed by atoms with Gasteiger partial charge in [0, 0.05) is 5.56 Å². The maximum atomic E-state index is 14.3. The molecule has 0 amide bonds. The fourth-order valence-electron chi connectivity index (χ4n) is 2.14. The van der Waals surface area contributed by atoms with Crippen LogP contribution in [0.3, 0.4) is 0 Å². The van der Waals surface area contributed by atoms with Crippen LogP contribution in [-0.4, -0.2) is 24.2 Å². The summed E-state index contributed by atoms with van der Waals surface area (Å²) in [6, 6.07) is 5.86. The van der Waals surface area contributed by atoms with Gasteiger partial charge in [0.15, 0.2) is 11.6 Å². The molecule has 1 aromatic heterocycles. The molecule has 0 unspecified atom stereocenters. The molecule has 0 fully saturated rings. The third-order valence-corrected chi connectivity index (χ3v) is 3.24. The molecule has 0 bridgehead atoms. The molecule has 1 aliphatic heterocycles. The number of aromatic nitrogens is 1. The number of methoxy groups -OCH3 is 1. The molecule has 3 rings (SSSR count). The van der Waals surface area contributed by atoms with E-state index in [0.717, 1.165) is 0 Å². The number of halogens is 1. The average molecular weight is 300 g/mol. The van der Waals surface area contributed by atoms with Crippen LogP contribution in [0.4, 0.5) is 10.1 Å². The number of hydrogen-bond donors (Lipinski definition) is 1. The van der Waals surface area contributed by atoms with E-state index in [1.165, 1.54) is 31.4 Å². The maximum Gasteiger partial charge on any atom is 0.491 e. The first-order valence-corrected chi connectivity index (χ1v) is 6.35. The summed E-state index contributed by atoms with van der Waals surface area (Å²) in [6.45, 7) is 6.96. The van der Waals surface area contributed by atoms with Crippen LogP contribution in [-0.2, 0) is 11.3 Å². The van der Waals surface area contributed by atoms with Crippen LogP contribution in [0.25, 0.3) is 4.85 Å². The summed E-state index contributed by atoms with van der Waals surface area (Å²) in [6.07, 6.45) is 0. The molecule has 0 spiro atoms. The zero-order chi connectivity index (χ0) is 15.7. The summed E-state index contributed by atoms with van der Waals surface area (Å²) in [4.78, 5) is 7.25. The second-order valence-corrected chi connectivity index (χ2v) is 4.50. The van der Waals surface area contributed by atoms with Gasteiger partial charge < -0.3 is 19.2 Å². The van der Waals surface area contributed by atoms with E-state index in [2.05, 4.69) is 9.83 Å². The second kappa shape index (κ2) is 5.64. The van der Waals surface area contributed by atoms with Crippen LogP contribution in [0, 0.1) is 12.4 Å². The van der Waals surface area contributed by atoms with Crippen LogP contribution in [0.2, 0.25) is 0 Å². The Morgan fingerprint density at radius 2 is 2.23 bits per heavy atom. The first kappa shape index (κ1) is 14.3. The molecule has 1 aliphatic rings. The highest BCUT2D eigenvalue weighted by atomic mass is 19.1. The van der Waals surface area contributed by atoms with Gasteiger partial charge >= 0.3 is 7.12 Å². The third kappa shape index (κ3) is 2.37. The van der Waals surface area contributed by atoms with E-state index >= 15 is 0 Å². The fourth-order valence-corrected chi connectivity index (χ4v) is 2.14. The van der Waals surface area contributed by atoms with E-state index in [4.69, 9.17) is 20.7 Å². The second-order valence-electron chi connectivity index (χ2n) is 4.50. The Hall–Kier alpha value is -2.63. The Bertz CT molecular complexity index is 778. The standard InChI is InChI=1S/C14H10BFN2O4/c1-17-10-4-6-12(18-14(10)20-2)22-11-5-3-9-8(13(11)16)7-21-15(9)19/h3-6,19H,7H2,2H3. The van der Waals surface area contributed by atoms with Gasteiger partial charge in [0.25, 0.3) is 0 Å². The van der Waals surface area contributed by atoms with Crippen molar-refractivity contribution >= 4 is 18.3 Å². The van der Waals surface area contributed by atoms with Crippen molar-refractivity contribution in [3.8, 4) is 17.5 Å². The Labute approximate surface area is 126 Å². The zero-order valence-corrected chi connectivity index (χ0v) is 11.5. The molecule has 0 atom stereocenters. The first-order chi connectivity index (χ1) is 10.6. The highest BCUT2D eigenvalue weighted by Gasteiger charge is 2.31. The quantitative estimate of drug-likeness (QED) is 0.691. The van der Waals surface area contributed by atoms with Crippen molar-refractivity contribution in [2.24, 2.45) is 0 Å². The highest BCUT2D eigenvalue weighted by Crippen LogP contribution is 2.31.